The summed E-state index contributed by atoms with van der Waals surface area (Å²) in [6.45, 7) is 1.92. The van der Waals surface area contributed by atoms with Gasteiger partial charge in [0.1, 0.15) is 5.75 Å². The van der Waals surface area contributed by atoms with Crippen LogP contribution in [-0.4, -0.2) is 28.2 Å². The summed E-state index contributed by atoms with van der Waals surface area (Å²) in [6, 6.07) is 7.42. The molecule has 6 heteroatoms. The minimum absolute atomic E-state index is 0.0899. The van der Waals surface area contributed by atoms with E-state index in [2.05, 4.69) is 15.3 Å². The standard InChI is InChI=1S/C14H15N3O3/c1-9(10-3-5-11(20-2)6-4-10)17-13-12(14(18)19)15-7-8-16-13/h3-9H,1-2H3,(H,16,17)(H,18,19). The number of carboxylic acids is 1. The van der Waals surface area contributed by atoms with E-state index in [1.165, 1.54) is 12.4 Å². The van der Waals surface area contributed by atoms with Crippen LogP contribution in [-0.2, 0) is 0 Å². The summed E-state index contributed by atoms with van der Waals surface area (Å²) in [4.78, 5) is 18.9. The predicted octanol–water partition coefficient (Wildman–Crippen LogP) is 2.36. The summed E-state index contributed by atoms with van der Waals surface area (Å²) >= 11 is 0. The molecule has 1 atom stereocenters. The highest BCUT2D eigenvalue weighted by Gasteiger charge is 2.15. The van der Waals surface area contributed by atoms with Gasteiger partial charge in [-0.15, -0.1) is 0 Å². The second-order valence-corrected chi connectivity index (χ2v) is 4.20. The molecule has 20 heavy (non-hydrogen) atoms. The lowest BCUT2D eigenvalue weighted by atomic mass is 10.1. The van der Waals surface area contributed by atoms with Crippen molar-refractivity contribution in [1.29, 1.82) is 0 Å². The molecule has 0 aliphatic carbocycles. The highest BCUT2D eigenvalue weighted by Crippen LogP contribution is 2.21. The van der Waals surface area contributed by atoms with Crippen molar-refractivity contribution in [2.45, 2.75) is 13.0 Å². The Hall–Kier alpha value is -2.63. The van der Waals surface area contributed by atoms with Gasteiger partial charge in [-0.25, -0.2) is 14.8 Å². The molecule has 0 radical (unpaired) electrons. The van der Waals surface area contributed by atoms with Crippen molar-refractivity contribution in [1.82, 2.24) is 9.97 Å². The molecule has 0 bridgehead atoms. The van der Waals surface area contributed by atoms with Crippen LogP contribution in [0.2, 0.25) is 0 Å². The summed E-state index contributed by atoms with van der Waals surface area (Å²) < 4.78 is 5.10. The average molecular weight is 273 g/mol. The van der Waals surface area contributed by atoms with E-state index in [9.17, 15) is 4.79 Å². The summed E-state index contributed by atoms with van der Waals surface area (Å²) in [5.74, 6) is -0.0856. The molecule has 2 rings (SSSR count). The Balaban J connectivity index is 2.18. The number of methoxy groups -OCH3 is 1. The summed E-state index contributed by atoms with van der Waals surface area (Å²) in [7, 11) is 1.61. The zero-order valence-electron chi connectivity index (χ0n) is 11.2. The maximum absolute atomic E-state index is 11.1. The molecule has 104 valence electrons. The third-order valence-electron chi connectivity index (χ3n) is 2.87. The molecule has 0 aliphatic heterocycles. The first-order chi connectivity index (χ1) is 9.61. The SMILES string of the molecule is COc1ccc(C(C)Nc2nccnc2C(=O)O)cc1. The molecule has 0 spiro atoms. The molecule has 2 aromatic rings. The maximum atomic E-state index is 11.1. The number of hydrogen-bond donors (Lipinski definition) is 2. The van der Waals surface area contributed by atoms with Crippen LogP contribution < -0.4 is 10.1 Å². The number of nitrogens with one attached hydrogen (secondary N) is 1. The smallest absolute Gasteiger partial charge is 0.358 e. The van der Waals surface area contributed by atoms with Crippen molar-refractivity contribution >= 4 is 11.8 Å². The second-order valence-electron chi connectivity index (χ2n) is 4.20. The van der Waals surface area contributed by atoms with Crippen molar-refractivity contribution in [2.75, 3.05) is 12.4 Å². The fraction of sp³-hybridized carbons (Fsp3) is 0.214. The van der Waals surface area contributed by atoms with E-state index in [-0.39, 0.29) is 17.6 Å². The van der Waals surface area contributed by atoms with Crippen LogP contribution in [0.1, 0.15) is 29.0 Å². The topological polar surface area (TPSA) is 84.3 Å². The van der Waals surface area contributed by atoms with Crippen molar-refractivity contribution in [3.05, 3.63) is 47.9 Å². The molecule has 0 aliphatic rings. The zero-order valence-corrected chi connectivity index (χ0v) is 11.2. The van der Waals surface area contributed by atoms with Gasteiger partial charge in [0.05, 0.1) is 13.2 Å². The van der Waals surface area contributed by atoms with E-state index in [0.717, 1.165) is 11.3 Å². The van der Waals surface area contributed by atoms with Gasteiger partial charge in [0.25, 0.3) is 0 Å². The van der Waals surface area contributed by atoms with E-state index in [1.807, 2.05) is 31.2 Å². The first-order valence-electron chi connectivity index (χ1n) is 6.06. The van der Waals surface area contributed by atoms with Crippen LogP contribution in [0.25, 0.3) is 0 Å². The minimum atomic E-state index is -1.11. The van der Waals surface area contributed by atoms with Crippen LogP contribution in [0.5, 0.6) is 5.75 Å². The normalized spacial score (nSPS) is 11.7. The van der Waals surface area contributed by atoms with E-state index >= 15 is 0 Å². The molecule has 1 unspecified atom stereocenters. The van der Waals surface area contributed by atoms with Crippen LogP contribution in [0.3, 0.4) is 0 Å². The van der Waals surface area contributed by atoms with Gasteiger partial charge in [-0.1, -0.05) is 12.1 Å². The van der Waals surface area contributed by atoms with Crippen LogP contribution in [0, 0.1) is 0 Å². The van der Waals surface area contributed by atoms with E-state index < -0.39 is 5.97 Å². The molecule has 0 saturated carbocycles. The van der Waals surface area contributed by atoms with Gasteiger partial charge in [-0.05, 0) is 24.6 Å². The number of hydrogen-bond acceptors (Lipinski definition) is 5. The Kier molecular flexibility index (Phi) is 4.14. The van der Waals surface area contributed by atoms with Gasteiger partial charge in [0.2, 0.25) is 0 Å². The lowest BCUT2D eigenvalue weighted by Crippen LogP contribution is -2.13. The molecule has 1 aromatic heterocycles. The molecule has 6 nitrogen and oxygen atoms in total. The van der Waals surface area contributed by atoms with E-state index in [4.69, 9.17) is 9.84 Å². The maximum Gasteiger partial charge on any atom is 0.358 e. The number of carbonyl (C=O) groups is 1. The third kappa shape index (κ3) is 3.03. The molecular formula is C14H15N3O3. The van der Waals surface area contributed by atoms with Gasteiger partial charge >= 0.3 is 5.97 Å². The predicted molar refractivity (Wildman–Crippen MR) is 74.0 cm³/mol. The van der Waals surface area contributed by atoms with Crippen LogP contribution in [0.15, 0.2) is 36.7 Å². The largest absolute Gasteiger partial charge is 0.497 e. The van der Waals surface area contributed by atoms with Crippen LogP contribution in [0.4, 0.5) is 5.82 Å². The Labute approximate surface area is 116 Å². The van der Waals surface area contributed by atoms with E-state index in [1.54, 1.807) is 7.11 Å². The number of ether oxygens (including phenoxy) is 1. The van der Waals surface area contributed by atoms with Crippen molar-refractivity contribution < 1.29 is 14.6 Å². The molecular weight excluding hydrogens is 258 g/mol. The van der Waals surface area contributed by atoms with Crippen molar-refractivity contribution in [2.24, 2.45) is 0 Å². The van der Waals surface area contributed by atoms with Gasteiger partial charge in [-0.2, -0.15) is 0 Å². The number of benzene rings is 1. The van der Waals surface area contributed by atoms with Crippen molar-refractivity contribution in [3.8, 4) is 5.75 Å². The first-order valence-corrected chi connectivity index (χ1v) is 6.06. The molecule has 2 N–H and O–H groups in total. The summed E-state index contributed by atoms with van der Waals surface area (Å²) in [5, 5.41) is 12.1. The molecule has 0 fully saturated rings. The molecule has 0 amide bonds. The molecule has 0 saturated heterocycles. The number of rotatable bonds is 5. The number of anilines is 1. The lowest BCUT2D eigenvalue weighted by molar-refractivity contribution is 0.0691. The summed E-state index contributed by atoms with van der Waals surface area (Å²) in [6.07, 6.45) is 2.81. The third-order valence-corrected chi connectivity index (χ3v) is 2.87. The average Bonchev–Trinajstić information content (AvgIpc) is 2.47. The Bertz CT molecular complexity index is 599. The fourth-order valence-electron chi connectivity index (χ4n) is 1.78. The van der Waals surface area contributed by atoms with Gasteiger partial charge in [-0.3, -0.25) is 0 Å². The van der Waals surface area contributed by atoms with Gasteiger partial charge in [0, 0.05) is 12.4 Å². The Morgan fingerprint density at radius 1 is 1.25 bits per heavy atom. The second kappa shape index (κ2) is 6.01. The fourth-order valence-corrected chi connectivity index (χ4v) is 1.78. The Morgan fingerprint density at radius 2 is 1.90 bits per heavy atom. The first kappa shape index (κ1) is 13.8. The van der Waals surface area contributed by atoms with Crippen LogP contribution >= 0.6 is 0 Å². The Morgan fingerprint density at radius 3 is 2.50 bits per heavy atom. The minimum Gasteiger partial charge on any atom is -0.497 e. The lowest BCUT2D eigenvalue weighted by Gasteiger charge is -2.16. The summed E-state index contributed by atoms with van der Waals surface area (Å²) in [5.41, 5.74) is 0.903. The van der Waals surface area contributed by atoms with Gasteiger partial charge < -0.3 is 15.2 Å². The highest BCUT2D eigenvalue weighted by atomic mass is 16.5. The van der Waals surface area contributed by atoms with E-state index in [0.29, 0.717) is 0 Å². The van der Waals surface area contributed by atoms with Crippen molar-refractivity contribution in [3.63, 3.8) is 0 Å². The monoisotopic (exact) mass is 273 g/mol. The quantitative estimate of drug-likeness (QED) is 0.870. The number of aromatic nitrogens is 2. The highest BCUT2D eigenvalue weighted by molar-refractivity contribution is 5.90. The number of carboxylic acid groups (broad SMARTS) is 1. The molecule has 1 aromatic carbocycles. The number of aromatic carboxylic acids is 1. The molecule has 1 heterocycles. The zero-order chi connectivity index (χ0) is 14.5. The number of nitrogens with zero attached hydrogens (tertiary/aromatic N) is 2. The van der Waals surface area contributed by atoms with Gasteiger partial charge in [0.15, 0.2) is 11.5 Å².